The Balaban J connectivity index is 1.24. The molecule has 2 aromatic carbocycles. The number of sulfonamides is 1. The van der Waals surface area contributed by atoms with E-state index in [0.717, 1.165) is 74.5 Å². The number of hydrogen-bond acceptors (Lipinski definition) is 8. The maximum atomic E-state index is 12.5. The lowest BCUT2D eigenvalue weighted by Crippen LogP contribution is -2.51. The minimum Gasteiger partial charge on any atom is -0.490 e. The number of halogens is 1. The molecule has 44 heavy (non-hydrogen) atoms. The number of rotatable bonds is 8. The van der Waals surface area contributed by atoms with E-state index in [-0.39, 0.29) is 30.2 Å². The third-order valence-electron chi connectivity index (χ3n) is 10.3. The van der Waals surface area contributed by atoms with E-state index < -0.39 is 15.3 Å². The average molecular weight is 647 g/mol. The molecule has 2 aromatic rings. The number of primary sulfonamides is 1. The number of carbonyl (C=O) groups is 1. The molecular weight excluding hydrogens is 604 g/mol. The fourth-order valence-corrected chi connectivity index (χ4v) is 8.03. The van der Waals surface area contributed by atoms with E-state index in [1.165, 1.54) is 18.2 Å². The van der Waals surface area contributed by atoms with Gasteiger partial charge in [-0.05, 0) is 98.7 Å². The van der Waals surface area contributed by atoms with Crippen molar-refractivity contribution in [1.82, 2.24) is 0 Å². The van der Waals surface area contributed by atoms with E-state index in [1.54, 1.807) is 13.0 Å². The molecular formula is C33H43ClN2O7S. The molecule has 2 aliphatic carbocycles. The zero-order chi connectivity index (χ0) is 31.1. The lowest BCUT2D eigenvalue weighted by atomic mass is 9.67. The number of aryl methyl sites for hydroxylation is 1. The Morgan fingerprint density at radius 2 is 2.05 bits per heavy atom. The highest BCUT2D eigenvalue weighted by Crippen LogP contribution is 2.47. The van der Waals surface area contributed by atoms with Crippen molar-refractivity contribution < 1.29 is 32.2 Å². The van der Waals surface area contributed by atoms with Gasteiger partial charge in [0.15, 0.2) is 0 Å². The van der Waals surface area contributed by atoms with Crippen LogP contribution in [0.15, 0.2) is 36.4 Å². The summed E-state index contributed by atoms with van der Waals surface area (Å²) < 4.78 is 47.3. The number of esters is 1. The van der Waals surface area contributed by atoms with Crippen LogP contribution in [0.2, 0.25) is 5.02 Å². The van der Waals surface area contributed by atoms with E-state index in [4.69, 9.17) is 35.7 Å². The van der Waals surface area contributed by atoms with E-state index >= 15 is 0 Å². The van der Waals surface area contributed by atoms with Crippen molar-refractivity contribution in [3.8, 4) is 5.75 Å². The third-order valence-corrected chi connectivity index (χ3v) is 11.8. The largest absolute Gasteiger partial charge is 0.490 e. The van der Waals surface area contributed by atoms with E-state index in [9.17, 15) is 13.2 Å². The highest BCUT2D eigenvalue weighted by molar-refractivity contribution is 7.89. The Hall–Kier alpha value is -2.37. The third kappa shape index (κ3) is 6.47. The summed E-state index contributed by atoms with van der Waals surface area (Å²) in [6.07, 6.45) is 6.69. The van der Waals surface area contributed by atoms with E-state index in [1.807, 2.05) is 18.2 Å². The van der Waals surface area contributed by atoms with Gasteiger partial charge in [0.1, 0.15) is 5.75 Å². The van der Waals surface area contributed by atoms with Crippen LogP contribution in [-0.4, -0.2) is 71.9 Å². The van der Waals surface area contributed by atoms with Crippen LogP contribution in [0, 0.1) is 11.8 Å². The van der Waals surface area contributed by atoms with Gasteiger partial charge >= 0.3 is 5.97 Å². The first-order valence-electron chi connectivity index (χ1n) is 15.7. The van der Waals surface area contributed by atoms with Crippen LogP contribution in [-0.2, 0) is 36.1 Å². The van der Waals surface area contributed by atoms with Crippen LogP contribution in [0.25, 0.3) is 0 Å². The predicted molar refractivity (Wildman–Crippen MR) is 169 cm³/mol. The number of methoxy groups -OCH3 is 1. The van der Waals surface area contributed by atoms with Gasteiger partial charge in [-0.25, -0.2) is 18.4 Å². The van der Waals surface area contributed by atoms with Gasteiger partial charge in [0, 0.05) is 36.6 Å². The summed E-state index contributed by atoms with van der Waals surface area (Å²) in [4.78, 5) is 15.0. The number of carbonyl (C=O) groups excluding carboxylic acids is 1. The highest BCUT2D eigenvalue weighted by Gasteiger charge is 2.45. The van der Waals surface area contributed by atoms with E-state index in [2.05, 4.69) is 17.0 Å². The molecule has 1 saturated carbocycles. The SMILES string of the molecule is COC(=O)c1ccc2c(c1)N(C[C@@H]1CC[C@H]1[C@H]1C[C@@H](OC[C@H](C)S(N)(=O)=O)CCO1)C[C@@]1(CCCc3cc(Cl)ccc31)CO2. The number of nitrogens with zero attached hydrogens (tertiary/aromatic N) is 1. The van der Waals surface area contributed by atoms with Crippen LogP contribution >= 0.6 is 11.6 Å². The second-order valence-corrected chi connectivity index (χ2v) is 15.5. The van der Waals surface area contributed by atoms with Crippen molar-refractivity contribution in [3.05, 3.63) is 58.1 Å². The molecule has 11 heteroatoms. The Morgan fingerprint density at radius 3 is 2.80 bits per heavy atom. The first-order chi connectivity index (χ1) is 21.1. The fourth-order valence-electron chi connectivity index (χ4n) is 7.56. The quantitative estimate of drug-likeness (QED) is 0.404. The van der Waals surface area contributed by atoms with Gasteiger partial charge in [-0.15, -0.1) is 0 Å². The lowest BCUT2D eigenvalue weighted by Gasteiger charge is -2.47. The molecule has 0 aromatic heterocycles. The van der Waals surface area contributed by atoms with Gasteiger partial charge in [-0.3, -0.25) is 0 Å². The molecule has 240 valence electrons. The summed E-state index contributed by atoms with van der Waals surface area (Å²) in [5, 5.41) is 5.31. The first-order valence-corrected chi connectivity index (χ1v) is 17.7. The maximum Gasteiger partial charge on any atom is 0.337 e. The number of nitrogens with two attached hydrogens (primary N) is 1. The molecule has 0 radical (unpaired) electrons. The topological polar surface area (TPSA) is 117 Å². The molecule has 0 unspecified atom stereocenters. The number of benzene rings is 2. The minimum atomic E-state index is -3.63. The number of hydrogen-bond donors (Lipinski definition) is 1. The van der Waals surface area contributed by atoms with Crippen LogP contribution in [0.1, 0.15) is 66.9 Å². The Morgan fingerprint density at radius 1 is 1.20 bits per heavy atom. The van der Waals surface area contributed by atoms with Gasteiger partial charge in [-0.2, -0.15) is 0 Å². The van der Waals surface area contributed by atoms with Crippen molar-refractivity contribution in [3.63, 3.8) is 0 Å². The van der Waals surface area contributed by atoms with Crippen LogP contribution < -0.4 is 14.8 Å². The lowest BCUT2D eigenvalue weighted by molar-refractivity contribution is -0.116. The molecule has 6 atom stereocenters. The Kier molecular flexibility index (Phi) is 9.19. The molecule has 0 bridgehead atoms. The molecule has 0 amide bonds. The summed E-state index contributed by atoms with van der Waals surface area (Å²) in [6.45, 7) is 4.39. The molecule has 2 heterocycles. The van der Waals surface area contributed by atoms with Crippen molar-refractivity contribution in [1.29, 1.82) is 0 Å². The summed E-state index contributed by atoms with van der Waals surface area (Å²) in [6, 6.07) is 11.8. The van der Waals surface area contributed by atoms with E-state index in [0.29, 0.717) is 30.6 Å². The number of fused-ring (bicyclic) bond motifs is 3. The van der Waals surface area contributed by atoms with Crippen molar-refractivity contribution in [2.75, 3.05) is 44.9 Å². The molecule has 2 fully saturated rings. The molecule has 2 aliphatic heterocycles. The van der Waals surface area contributed by atoms with Gasteiger partial charge in [0.05, 0.1) is 49.0 Å². The van der Waals surface area contributed by atoms with Gasteiger partial charge in [-0.1, -0.05) is 17.7 Å². The van der Waals surface area contributed by atoms with Crippen LogP contribution in [0.4, 0.5) is 5.69 Å². The minimum absolute atomic E-state index is 0.0490. The second-order valence-electron chi connectivity index (χ2n) is 13.1. The van der Waals surface area contributed by atoms with Crippen molar-refractivity contribution in [2.24, 2.45) is 17.0 Å². The smallest absolute Gasteiger partial charge is 0.337 e. The molecule has 9 nitrogen and oxygen atoms in total. The first kappa shape index (κ1) is 31.6. The summed E-state index contributed by atoms with van der Waals surface area (Å²) >= 11 is 6.41. The molecule has 1 spiro atoms. The van der Waals surface area contributed by atoms with Crippen molar-refractivity contribution >= 4 is 33.3 Å². The summed E-state index contributed by atoms with van der Waals surface area (Å²) in [7, 11) is -2.23. The molecule has 6 rings (SSSR count). The summed E-state index contributed by atoms with van der Waals surface area (Å²) in [5.41, 5.74) is 3.80. The zero-order valence-electron chi connectivity index (χ0n) is 25.5. The second kappa shape index (κ2) is 12.8. The number of ether oxygens (including phenoxy) is 4. The average Bonchev–Trinajstić information content (AvgIpc) is 3.14. The standard InChI is InChI=1S/C33H43ClN2O7S/c1-21(44(35,38)39)18-42-26-11-13-41-31(16-26)27-8-5-24(27)17-36-19-33(12-3-4-22-14-25(34)7-9-28(22)33)20-43-30-10-6-23(15-29(30)36)32(37)40-2/h6-7,9-10,14-15,21,24,26-27,31H,3-5,8,11-13,16-20H2,1-2H3,(H2,35,38,39)/t21-,24-,26-,27+,31+,33-/m0/s1. The monoisotopic (exact) mass is 646 g/mol. The predicted octanol–water partition coefficient (Wildman–Crippen LogP) is 4.87. The molecule has 1 saturated heterocycles. The van der Waals surface area contributed by atoms with Gasteiger partial charge in [0.25, 0.3) is 0 Å². The summed E-state index contributed by atoms with van der Waals surface area (Å²) in [5.74, 6) is 1.16. The molecule has 4 aliphatic rings. The van der Waals surface area contributed by atoms with Crippen LogP contribution in [0.3, 0.4) is 0 Å². The normalized spacial score (nSPS) is 29.0. The molecule has 2 N–H and O–H groups in total. The fraction of sp³-hybridized carbons (Fsp3) is 0.606. The Bertz CT molecular complexity index is 1490. The highest BCUT2D eigenvalue weighted by atomic mass is 35.5. The van der Waals surface area contributed by atoms with Gasteiger partial charge < -0.3 is 23.8 Å². The Labute approximate surface area is 265 Å². The van der Waals surface area contributed by atoms with Crippen molar-refractivity contribution in [2.45, 2.75) is 74.7 Å². The number of anilines is 1. The van der Waals surface area contributed by atoms with Crippen LogP contribution in [0.5, 0.6) is 5.75 Å². The zero-order valence-corrected chi connectivity index (χ0v) is 27.1. The maximum absolute atomic E-state index is 12.5. The van der Waals surface area contributed by atoms with Gasteiger partial charge in [0.2, 0.25) is 10.0 Å².